The summed E-state index contributed by atoms with van der Waals surface area (Å²) in [4.78, 5) is 21.3. The standard InChI is InChI=1S/C17H15ClF3N3O2S2/c1-23(2)7-8-24(15(25)12-5-6-14(18)27-12)16-22-11-4-3-10(9-13(11)28-16)26-17(19,20)21/h3-6,9H,7-8H2,1-2H3. The van der Waals surface area contributed by atoms with Gasteiger partial charge in [0.25, 0.3) is 5.91 Å². The molecule has 11 heteroatoms. The summed E-state index contributed by atoms with van der Waals surface area (Å²) in [5.74, 6) is -0.587. The van der Waals surface area contributed by atoms with Gasteiger partial charge in [0.05, 0.1) is 19.4 Å². The van der Waals surface area contributed by atoms with E-state index in [-0.39, 0.29) is 11.7 Å². The first-order valence-corrected chi connectivity index (χ1v) is 10.0. The number of carbonyl (C=O) groups excluding carboxylic acids is 1. The fraction of sp³-hybridized carbons (Fsp3) is 0.294. The lowest BCUT2D eigenvalue weighted by Crippen LogP contribution is -2.36. The van der Waals surface area contributed by atoms with Crippen LogP contribution in [0.5, 0.6) is 5.75 Å². The van der Waals surface area contributed by atoms with Crippen molar-refractivity contribution in [2.45, 2.75) is 6.36 Å². The zero-order valence-corrected chi connectivity index (χ0v) is 17.2. The van der Waals surface area contributed by atoms with Crippen molar-refractivity contribution < 1.29 is 22.7 Å². The summed E-state index contributed by atoms with van der Waals surface area (Å²) in [6, 6.07) is 7.18. The van der Waals surface area contributed by atoms with Gasteiger partial charge in [-0.25, -0.2) is 4.98 Å². The highest BCUT2D eigenvalue weighted by atomic mass is 35.5. The van der Waals surface area contributed by atoms with Gasteiger partial charge in [-0.3, -0.25) is 9.69 Å². The molecule has 5 nitrogen and oxygen atoms in total. The van der Waals surface area contributed by atoms with E-state index < -0.39 is 6.36 Å². The summed E-state index contributed by atoms with van der Waals surface area (Å²) >= 11 is 8.23. The van der Waals surface area contributed by atoms with E-state index in [9.17, 15) is 18.0 Å². The number of fused-ring (bicyclic) bond motifs is 1. The molecule has 0 saturated heterocycles. The number of anilines is 1. The van der Waals surface area contributed by atoms with Crippen LogP contribution in [-0.4, -0.2) is 49.3 Å². The number of likely N-dealkylation sites (N-methyl/N-ethyl adjacent to an activating group) is 1. The Morgan fingerprint density at radius 2 is 1.93 bits per heavy atom. The molecule has 0 aliphatic rings. The van der Waals surface area contributed by atoms with Crippen molar-refractivity contribution in [2.75, 3.05) is 32.1 Å². The van der Waals surface area contributed by atoms with Crippen LogP contribution < -0.4 is 9.64 Å². The predicted octanol–water partition coefficient (Wildman–Crippen LogP) is 5.12. The summed E-state index contributed by atoms with van der Waals surface area (Å²) in [7, 11) is 3.76. The summed E-state index contributed by atoms with van der Waals surface area (Å²) in [6.07, 6.45) is -4.77. The van der Waals surface area contributed by atoms with Crippen molar-refractivity contribution >= 4 is 55.5 Å². The molecule has 0 aliphatic carbocycles. The largest absolute Gasteiger partial charge is 0.573 e. The Balaban J connectivity index is 1.94. The number of rotatable bonds is 6. The molecule has 0 saturated carbocycles. The summed E-state index contributed by atoms with van der Waals surface area (Å²) in [5.41, 5.74) is 0.487. The molecule has 3 rings (SSSR count). The number of ether oxygens (including phenoxy) is 1. The molecule has 1 amide bonds. The van der Waals surface area contributed by atoms with Crippen molar-refractivity contribution in [3.8, 4) is 5.75 Å². The maximum absolute atomic E-state index is 13.0. The molecule has 0 radical (unpaired) electrons. The van der Waals surface area contributed by atoms with Gasteiger partial charge in [-0.2, -0.15) is 0 Å². The second-order valence-electron chi connectivity index (χ2n) is 6.04. The lowest BCUT2D eigenvalue weighted by molar-refractivity contribution is -0.274. The SMILES string of the molecule is CN(C)CCN(C(=O)c1ccc(Cl)s1)c1nc2ccc(OC(F)(F)F)cc2s1. The minimum absolute atomic E-state index is 0.260. The third-order valence-corrected chi connectivity index (χ3v) is 5.87. The first kappa shape index (κ1) is 20.8. The number of halogens is 4. The summed E-state index contributed by atoms with van der Waals surface area (Å²) < 4.78 is 42.3. The van der Waals surface area contributed by atoms with Crippen molar-refractivity contribution in [2.24, 2.45) is 0 Å². The van der Waals surface area contributed by atoms with Crippen LogP contribution in [0.15, 0.2) is 30.3 Å². The third-order valence-electron chi connectivity index (χ3n) is 3.61. The predicted molar refractivity (Wildman–Crippen MR) is 106 cm³/mol. The molecule has 0 aliphatic heterocycles. The number of hydrogen-bond donors (Lipinski definition) is 0. The smallest absolute Gasteiger partial charge is 0.406 e. The van der Waals surface area contributed by atoms with Crippen molar-refractivity contribution in [1.82, 2.24) is 9.88 Å². The number of carbonyl (C=O) groups is 1. The minimum Gasteiger partial charge on any atom is -0.406 e. The third kappa shape index (κ3) is 5.13. The fourth-order valence-electron chi connectivity index (χ4n) is 2.35. The molecule has 3 aromatic rings. The Morgan fingerprint density at radius 3 is 2.54 bits per heavy atom. The maximum Gasteiger partial charge on any atom is 0.573 e. The van der Waals surface area contributed by atoms with Crippen molar-refractivity contribution in [3.05, 3.63) is 39.5 Å². The average molecular weight is 450 g/mol. The van der Waals surface area contributed by atoms with E-state index in [1.54, 1.807) is 12.1 Å². The fourth-order valence-corrected chi connectivity index (χ4v) is 4.36. The number of benzene rings is 1. The van der Waals surface area contributed by atoms with Crippen LogP contribution in [0.3, 0.4) is 0 Å². The Kier molecular flexibility index (Phi) is 6.13. The molecule has 0 spiro atoms. The topological polar surface area (TPSA) is 45.7 Å². The van der Waals surface area contributed by atoms with Gasteiger partial charge in [0.15, 0.2) is 5.13 Å². The number of thiazole rings is 1. The molecule has 2 aromatic heterocycles. The van der Waals surface area contributed by atoms with Gasteiger partial charge in [0.2, 0.25) is 0 Å². The lowest BCUT2D eigenvalue weighted by atomic mass is 10.3. The van der Waals surface area contributed by atoms with Gasteiger partial charge in [-0.05, 0) is 38.4 Å². The number of thiophene rings is 1. The van der Waals surface area contributed by atoms with Gasteiger partial charge in [-0.15, -0.1) is 24.5 Å². The molecule has 2 heterocycles. The van der Waals surface area contributed by atoms with E-state index >= 15 is 0 Å². The van der Waals surface area contributed by atoms with E-state index in [0.29, 0.717) is 37.7 Å². The highest BCUT2D eigenvalue weighted by molar-refractivity contribution is 7.22. The Hall–Kier alpha value is -1.88. The van der Waals surface area contributed by atoms with Crippen LogP contribution >= 0.6 is 34.3 Å². The second-order valence-corrected chi connectivity index (χ2v) is 8.76. The number of nitrogens with zero attached hydrogens (tertiary/aromatic N) is 3. The summed E-state index contributed by atoms with van der Waals surface area (Å²) in [6.45, 7) is 0.955. The highest BCUT2D eigenvalue weighted by Gasteiger charge is 2.31. The van der Waals surface area contributed by atoms with Crippen LogP contribution in [0.1, 0.15) is 9.67 Å². The second kappa shape index (κ2) is 8.24. The molecule has 0 N–H and O–H groups in total. The molecule has 0 fully saturated rings. The van der Waals surface area contributed by atoms with Crippen LogP contribution in [0.2, 0.25) is 4.34 Å². The van der Waals surface area contributed by atoms with Gasteiger partial charge < -0.3 is 9.64 Å². The summed E-state index contributed by atoms with van der Waals surface area (Å²) in [5, 5.41) is 0.399. The zero-order chi connectivity index (χ0) is 20.5. The van der Waals surface area contributed by atoms with Crippen LogP contribution in [-0.2, 0) is 0 Å². The molecule has 28 heavy (non-hydrogen) atoms. The lowest BCUT2D eigenvalue weighted by Gasteiger charge is -2.21. The molecular weight excluding hydrogens is 435 g/mol. The first-order chi connectivity index (χ1) is 13.1. The molecule has 150 valence electrons. The van der Waals surface area contributed by atoms with E-state index in [4.69, 9.17) is 11.6 Å². The Morgan fingerprint density at radius 1 is 1.18 bits per heavy atom. The molecule has 0 unspecified atom stereocenters. The number of amides is 1. The molecule has 0 atom stereocenters. The maximum atomic E-state index is 13.0. The molecular formula is C17H15ClF3N3O2S2. The van der Waals surface area contributed by atoms with Gasteiger partial charge in [0, 0.05) is 19.2 Å². The van der Waals surface area contributed by atoms with E-state index in [1.165, 1.54) is 23.1 Å². The van der Waals surface area contributed by atoms with Crippen molar-refractivity contribution in [3.63, 3.8) is 0 Å². The zero-order valence-electron chi connectivity index (χ0n) is 14.8. The number of alkyl halides is 3. The van der Waals surface area contributed by atoms with Crippen LogP contribution in [0.25, 0.3) is 10.2 Å². The minimum atomic E-state index is -4.77. The average Bonchev–Trinajstić information content (AvgIpc) is 3.18. The quantitative estimate of drug-likeness (QED) is 0.524. The van der Waals surface area contributed by atoms with Crippen LogP contribution in [0, 0.1) is 0 Å². The number of aromatic nitrogens is 1. The van der Waals surface area contributed by atoms with Gasteiger partial charge in [-0.1, -0.05) is 22.9 Å². The van der Waals surface area contributed by atoms with E-state index in [1.807, 2.05) is 19.0 Å². The Labute approximate surface area is 171 Å². The number of hydrogen-bond acceptors (Lipinski definition) is 6. The first-order valence-electron chi connectivity index (χ1n) is 8.00. The van der Waals surface area contributed by atoms with Crippen LogP contribution in [0.4, 0.5) is 18.3 Å². The van der Waals surface area contributed by atoms with Gasteiger partial charge >= 0.3 is 6.36 Å². The monoisotopic (exact) mass is 449 g/mol. The highest BCUT2D eigenvalue weighted by Crippen LogP contribution is 2.34. The van der Waals surface area contributed by atoms with E-state index in [0.717, 1.165) is 22.7 Å². The Bertz CT molecular complexity index is 988. The van der Waals surface area contributed by atoms with Crippen molar-refractivity contribution in [1.29, 1.82) is 0 Å². The normalized spacial score (nSPS) is 12.0. The van der Waals surface area contributed by atoms with E-state index in [2.05, 4.69) is 9.72 Å². The molecule has 0 bridgehead atoms. The van der Waals surface area contributed by atoms with Gasteiger partial charge in [0.1, 0.15) is 5.75 Å². The molecule has 1 aromatic carbocycles.